The summed E-state index contributed by atoms with van der Waals surface area (Å²) in [6.45, 7) is 6.67. The largest absolute Gasteiger partial charge is 0.494 e. The summed E-state index contributed by atoms with van der Waals surface area (Å²) in [6.07, 6.45) is 2.87. The molecule has 0 aliphatic heterocycles. The van der Waals surface area contributed by atoms with E-state index in [4.69, 9.17) is 4.74 Å². The van der Waals surface area contributed by atoms with Crippen LogP contribution in [-0.4, -0.2) is 17.5 Å². The Labute approximate surface area is 137 Å². The first-order valence-electron chi connectivity index (χ1n) is 8.06. The predicted octanol–water partition coefficient (Wildman–Crippen LogP) is 3.60. The number of rotatable bonds is 7. The molecule has 4 heteroatoms. The number of pyridine rings is 1. The molecule has 0 aliphatic rings. The number of ether oxygens (including phenoxy) is 1. The van der Waals surface area contributed by atoms with Crippen molar-refractivity contribution < 1.29 is 9.53 Å². The Morgan fingerprint density at radius 2 is 1.96 bits per heavy atom. The van der Waals surface area contributed by atoms with Crippen LogP contribution >= 0.6 is 0 Å². The van der Waals surface area contributed by atoms with Gasteiger partial charge in [-0.25, -0.2) is 0 Å². The van der Waals surface area contributed by atoms with Gasteiger partial charge in [0.2, 0.25) is 5.91 Å². The van der Waals surface area contributed by atoms with E-state index < -0.39 is 0 Å². The van der Waals surface area contributed by atoms with E-state index in [9.17, 15) is 4.79 Å². The van der Waals surface area contributed by atoms with Crippen molar-refractivity contribution in [1.29, 1.82) is 0 Å². The van der Waals surface area contributed by atoms with Crippen molar-refractivity contribution in [3.8, 4) is 5.75 Å². The highest BCUT2D eigenvalue weighted by Crippen LogP contribution is 2.20. The monoisotopic (exact) mass is 312 g/mol. The van der Waals surface area contributed by atoms with Crippen LogP contribution in [0.2, 0.25) is 0 Å². The van der Waals surface area contributed by atoms with Gasteiger partial charge in [0.1, 0.15) is 5.75 Å². The second kappa shape index (κ2) is 8.32. The van der Waals surface area contributed by atoms with Gasteiger partial charge in [-0.05, 0) is 55.7 Å². The molecule has 0 saturated heterocycles. The van der Waals surface area contributed by atoms with Crippen molar-refractivity contribution in [2.45, 2.75) is 39.7 Å². The fourth-order valence-corrected chi connectivity index (χ4v) is 2.49. The van der Waals surface area contributed by atoms with E-state index in [0.717, 1.165) is 29.0 Å². The zero-order valence-corrected chi connectivity index (χ0v) is 14.0. The van der Waals surface area contributed by atoms with Crippen molar-refractivity contribution in [2.24, 2.45) is 0 Å². The molecule has 2 rings (SSSR count). The maximum absolute atomic E-state index is 12.3. The lowest BCUT2D eigenvalue weighted by molar-refractivity contribution is -0.121. The van der Waals surface area contributed by atoms with Gasteiger partial charge in [0.05, 0.1) is 19.1 Å². The molecule has 4 nitrogen and oxygen atoms in total. The van der Waals surface area contributed by atoms with Gasteiger partial charge in [-0.15, -0.1) is 0 Å². The van der Waals surface area contributed by atoms with Gasteiger partial charge < -0.3 is 10.1 Å². The van der Waals surface area contributed by atoms with Crippen LogP contribution in [0, 0.1) is 6.92 Å². The standard InChI is InChI=1S/C19H24N2O2/c1-4-18(15-6-8-17(9-7-15)23-5-2)21-19(22)13-16-12-14(3)10-11-20-16/h6-12,18H,4-5,13H2,1-3H3,(H,21,22)/t18-/m0/s1. The Kier molecular flexibility index (Phi) is 6.15. The van der Waals surface area contributed by atoms with Crippen LogP contribution < -0.4 is 10.1 Å². The smallest absolute Gasteiger partial charge is 0.226 e. The molecule has 1 amide bonds. The minimum Gasteiger partial charge on any atom is -0.494 e. The second-order valence-electron chi connectivity index (χ2n) is 5.53. The number of hydrogen-bond donors (Lipinski definition) is 1. The summed E-state index contributed by atoms with van der Waals surface area (Å²) in [6, 6.07) is 11.8. The summed E-state index contributed by atoms with van der Waals surface area (Å²) in [5.74, 6) is 0.838. The van der Waals surface area contributed by atoms with E-state index in [1.54, 1.807) is 6.20 Å². The number of aryl methyl sites for hydroxylation is 1. The number of nitrogens with zero attached hydrogens (tertiary/aromatic N) is 1. The molecule has 0 radical (unpaired) electrons. The summed E-state index contributed by atoms with van der Waals surface area (Å²) < 4.78 is 5.45. The molecule has 1 aromatic heterocycles. The Morgan fingerprint density at radius 1 is 1.22 bits per heavy atom. The number of carbonyl (C=O) groups excluding carboxylic acids is 1. The lowest BCUT2D eigenvalue weighted by atomic mass is 10.0. The fraction of sp³-hybridized carbons (Fsp3) is 0.368. The average molecular weight is 312 g/mol. The number of aromatic nitrogens is 1. The van der Waals surface area contributed by atoms with Crippen molar-refractivity contribution in [3.05, 3.63) is 59.4 Å². The Hall–Kier alpha value is -2.36. The normalized spacial score (nSPS) is 11.8. The van der Waals surface area contributed by atoms with Crippen molar-refractivity contribution in [2.75, 3.05) is 6.61 Å². The highest BCUT2D eigenvalue weighted by Gasteiger charge is 2.13. The maximum atomic E-state index is 12.3. The summed E-state index contributed by atoms with van der Waals surface area (Å²) in [7, 11) is 0. The first kappa shape index (κ1) is 17.0. The predicted molar refractivity (Wildman–Crippen MR) is 91.5 cm³/mol. The van der Waals surface area contributed by atoms with E-state index in [1.165, 1.54) is 0 Å². The average Bonchev–Trinajstić information content (AvgIpc) is 2.54. The molecular weight excluding hydrogens is 288 g/mol. The van der Waals surface area contributed by atoms with Crippen molar-refractivity contribution in [3.63, 3.8) is 0 Å². The third-order valence-electron chi connectivity index (χ3n) is 3.65. The second-order valence-corrected chi connectivity index (χ2v) is 5.53. The van der Waals surface area contributed by atoms with Crippen LogP contribution in [0.25, 0.3) is 0 Å². The quantitative estimate of drug-likeness (QED) is 0.850. The van der Waals surface area contributed by atoms with E-state index in [2.05, 4.69) is 17.2 Å². The molecule has 0 fully saturated rings. The number of carbonyl (C=O) groups is 1. The van der Waals surface area contributed by atoms with E-state index in [-0.39, 0.29) is 11.9 Å². The molecule has 122 valence electrons. The maximum Gasteiger partial charge on any atom is 0.226 e. The van der Waals surface area contributed by atoms with Gasteiger partial charge >= 0.3 is 0 Å². The van der Waals surface area contributed by atoms with Crippen LogP contribution in [0.15, 0.2) is 42.6 Å². The molecule has 23 heavy (non-hydrogen) atoms. The number of benzene rings is 1. The molecule has 0 bridgehead atoms. The summed E-state index contributed by atoms with van der Waals surface area (Å²) in [5.41, 5.74) is 2.99. The minimum absolute atomic E-state index is 0.00276. The zero-order valence-electron chi connectivity index (χ0n) is 14.0. The van der Waals surface area contributed by atoms with Crippen LogP contribution in [0.5, 0.6) is 5.75 Å². The van der Waals surface area contributed by atoms with Gasteiger partial charge in [0.15, 0.2) is 0 Å². The van der Waals surface area contributed by atoms with E-state index >= 15 is 0 Å². The first-order valence-corrected chi connectivity index (χ1v) is 8.06. The SMILES string of the molecule is CCOc1ccc([C@H](CC)NC(=O)Cc2cc(C)ccn2)cc1. The molecule has 1 heterocycles. The highest BCUT2D eigenvalue weighted by atomic mass is 16.5. The molecule has 0 unspecified atom stereocenters. The Bertz CT molecular complexity index is 638. The molecule has 0 aliphatic carbocycles. The van der Waals surface area contributed by atoms with Gasteiger partial charge in [-0.2, -0.15) is 0 Å². The number of nitrogens with one attached hydrogen (secondary N) is 1. The van der Waals surface area contributed by atoms with Crippen molar-refractivity contribution in [1.82, 2.24) is 10.3 Å². The zero-order chi connectivity index (χ0) is 16.7. The van der Waals surface area contributed by atoms with Crippen LogP contribution in [0.4, 0.5) is 0 Å². The molecule has 2 aromatic rings. The Balaban J connectivity index is 1.99. The number of amides is 1. The van der Waals surface area contributed by atoms with Gasteiger partial charge in [-0.1, -0.05) is 19.1 Å². The van der Waals surface area contributed by atoms with E-state index in [0.29, 0.717) is 13.0 Å². The lowest BCUT2D eigenvalue weighted by Crippen LogP contribution is -2.29. The molecule has 1 atom stereocenters. The minimum atomic E-state index is -0.0103. The van der Waals surface area contributed by atoms with Gasteiger partial charge in [0, 0.05) is 11.9 Å². The Morgan fingerprint density at radius 3 is 2.57 bits per heavy atom. The van der Waals surface area contributed by atoms with Gasteiger partial charge in [-0.3, -0.25) is 9.78 Å². The molecule has 1 aromatic carbocycles. The highest BCUT2D eigenvalue weighted by molar-refractivity contribution is 5.78. The summed E-state index contributed by atoms with van der Waals surface area (Å²) in [4.78, 5) is 16.5. The first-order chi connectivity index (χ1) is 11.1. The summed E-state index contributed by atoms with van der Waals surface area (Å²) >= 11 is 0. The fourth-order valence-electron chi connectivity index (χ4n) is 2.49. The van der Waals surface area contributed by atoms with Crippen LogP contribution in [-0.2, 0) is 11.2 Å². The van der Waals surface area contributed by atoms with E-state index in [1.807, 2.05) is 50.2 Å². The third kappa shape index (κ3) is 5.09. The molecule has 0 spiro atoms. The summed E-state index contributed by atoms with van der Waals surface area (Å²) in [5, 5.41) is 3.08. The number of hydrogen-bond acceptors (Lipinski definition) is 3. The molecule has 1 N–H and O–H groups in total. The molecule has 0 saturated carbocycles. The third-order valence-corrected chi connectivity index (χ3v) is 3.65. The van der Waals surface area contributed by atoms with Crippen LogP contribution in [0.1, 0.15) is 43.1 Å². The van der Waals surface area contributed by atoms with Crippen LogP contribution in [0.3, 0.4) is 0 Å². The topological polar surface area (TPSA) is 51.2 Å². The van der Waals surface area contributed by atoms with Crippen molar-refractivity contribution >= 4 is 5.91 Å². The lowest BCUT2D eigenvalue weighted by Gasteiger charge is -2.18. The molecular formula is C19H24N2O2. The van der Waals surface area contributed by atoms with Gasteiger partial charge in [0.25, 0.3) is 0 Å².